The molecule has 0 spiro atoms. The first-order valence-corrected chi connectivity index (χ1v) is 6.54. The smallest absolute Gasteiger partial charge is 0.159 e. The molecule has 1 aliphatic rings. The molecule has 1 atom stereocenters. The lowest BCUT2D eigenvalue weighted by Gasteiger charge is -2.14. The summed E-state index contributed by atoms with van der Waals surface area (Å²) in [5.74, 6) is 7.49. The molecule has 1 unspecified atom stereocenters. The third-order valence-electron chi connectivity index (χ3n) is 2.94. The molecular formula is C12H12BrN5O. The minimum atomic E-state index is 0.0630. The van der Waals surface area contributed by atoms with Crippen LogP contribution in [-0.4, -0.2) is 16.6 Å². The second kappa shape index (κ2) is 5.02. The summed E-state index contributed by atoms with van der Waals surface area (Å²) < 4.78 is 6.31. The summed E-state index contributed by atoms with van der Waals surface area (Å²) in [7, 11) is 0. The first-order valence-electron chi connectivity index (χ1n) is 5.75. The summed E-state index contributed by atoms with van der Waals surface area (Å²) in [5.41, 5.74) is 3.63. The molecule has 0 aliphatic carbocycles. The Morgan fingerprint density at radius 2 is 2.05 bits per heavy atom. The summed E-state index contributed by atoms with van der Waals surface area (Å²) in [6.07, 6.45) is 1.45. The van der Waals surface area contributed by atoms with Gasteiger partial charge in [0.2, 0.25) is 0 Å². The number of benzene rings is 1. The van der Waals surface area contributed by atoms with Gasteiger partial charge in [-0.2, -0.15) is 0 Å². The van der Waals surface area contributed by atoms with Crippen molar-refractivity contribution in [3.63, 3.8) is 0 Å². The van der Waals surface area contributed by atoms with Crippen LogP contribution < -0.4 is 21.3 Å². The predicted octanol–water partition coefficient (Wildman–Crippen LogP) is 2.07. The fraction of sp³-hybridized carbons (Fsp3) is 0.167. The molecule has 1 aromatic heterocycles. The van der Waals surface area contributed by atoms with E-state index in [1.165, 1.54) is 6.33 Å². The number of nitrogens with one attached hydrogen (secondary N) is 2. The minimum absolute atomic E-state index is 0.0630. The van der Waals surface area contributed by atoms with Crippen molar-refractivity contribution in [1.82, 2.24) is 9.97 Å². The van der Waals surface area contributed by atoms with Gasteiger partial charge in [-0.25, -0.2) is 15.8 Å². The van der Waals surface area contributed by atoms with Gasteiger partial charge in [0, 0.05) is 5.56 Å². The normalized spacial score (nSPS) is 16.6. The van der Waals surface area contributed by atoms with Crippen molar-refractivity contribution in [2.24, 2.45) is 5.84 Å². The number of hydrogen-bond acceptors (Lipinski definition) is 6. The van der Waals surface area contributed by atoms with Crippen LogP contribution in [0.4, 0.5) is 11.6 Å². The number of nitrogen functional groups attached to an aromatic ring is 1. The number of nitrogens with two attached hydrogens (primary N) is 1. The van der Waals surface area contributed by atoms with Gasteiger partial charge in [-0.3, -0.25) is 0 Å². The van der Waals surface area contributed by atoms with Crippen LogP contribution in [0.2, 0.25) is 0 Å². The van der Waals surface area contributed by atoms with E-state index in [2.05, 4.69) is 36.6 Å². The largest absolute Gasteiger partial charge is 0.491 e. The Morgan fingerprint density at radius 3 is 2.89 bits per heavy atom. The van der Waals surface area contributed by atoms with Gasteiger partial charge in [-0.1, -0.05) is 18.2 Å². The third-order valence-corrected chi connectivity index (χ3v) is 3.69. The molecule has 0 saturated carbocycles. The molecule has 6 nitrogen and oxygen atoms in total. The number of nitrogens with zero attached hydrogens (tertiary/aromatic N) is 2. The molecule has 0 saturated heterocycles. The lowest BCUT2D eigenvalue weighted by molar-refractivity contribution is 0.339. The Morgan fingerprint density at radius 1 is 1.26 bits per heavy atom. The minimum Gasteiger partial charge on any atom is -0.491 e. The summed E-state index contributed by atoms with van der Waals surface area (Å²) in [6.45, 7) is 0.571. The molecule has 0 radical (unpaired) electrons. The maximum Gasteiger partial charge on any atom is 0.159 e. The molecule has 98 valence electrons. The molecule has 0 amide bonds. The van der Waals surface area contributed by atoms with Crippen LogP contribution in [0.25, 0.3) is 0 Å². The number of rotatable bonds is 3. The number of fused-ring (bicyclic) bond motifs is 1. The number of para-hydroxylation sites is 1. The quantitative estimate of drug-likeness (QED) is 0.592. The summed E-state index contributed by atoms with van der Waals surface area (Å²) in [6, 6.07) is 8.01. The molecule has 7 heteroatoms. The second-order valence-corrected chi connectivity index (χ2v) is 4.87. The number of halogens is 1. The second-order valence-electron chi connectivity index (χ2n) is 4.07. The molecule has 4 N–H and O–H groups in total. The zero-order valence-corrected chi connectivity index (χ0v) is 11.5. The Kier molecular flexibility index (Phi) is 3.22. The SMILES string of the molecule is NNc1ncnc(NC2COc3ccccc32)c1Br. The molecule has 1 aliphatic heterocycles. The lowest BCUT2D eigenvalue weighted by atomic mass is 10.1. The average Bonchev–Trinajstić information content (AvgIpc) is 2.85. The number of aromatic nitrogens is 2. The lowest BCUT2D eigenvalue weighted by Crippen LogP contribution is -2.15. The van der Waals surface area contributed by atoms with E-state index in [9.17, 15) is 0 Å². The van der Waals surface area contributed by atoms with Crippen molar-refractivity contribution in [1.29, 1.82) is 0 Å². The number of anilines is 2. The van der Waals surface area contributed by atoms with Crippen LogP contribution in [-0.2, 0) is 0 Å². The third kappa shape index (κ3) is 2.22. The molecular weight excluding hydrogens is 310 g/mol. The van der Waals surface area contributed by atoms with Crippen molar-refractivity contribution in [2.75, 3.05) is 17.3 Å². The molecule has 19 heavy (non-hydrogen) atoms. The van der Waals surface area contributed by atoms with Crippen LogP contribution in [0.1, 0.15) is 11.6 Å². The van der Waals surface area contributed by atoms with Crippen LogP contribution in [0, 0.1) is 0 Å². The average molecular weight is 322 g/mol. The van der Waals surface area contributed by atoms with Gasteiger partial charge in [0.05, 0.1) is 6.04 Å². The maximum absolute atomic E-state index is 5.62. The fourth-order valence-electron chi connectivity index (χ4n) is 2.02. The summed E-state index contributed by atoms with van der Waals surface area (Å²) in [5, 5.41) is 3.32. The highest BCUT2D eigenvalue weighted by atomic mass is 79.9. The molecule has 3 rings (SSSR count). The van der Waals surface area contributed by atoms with Gasteiger partial charge >= 0.3 is 0 Å². The number of hydrazine groups is 1. The Balaban J connectivity index is 1.87. The van der Waals surface area contributed by atoms with Crippen LogP contribution in [0.15, 0.2) is 35.1 Å². The zero-order valence-electron chi connectivity index (χ0n) is 9.93. The maximum atomic E-state index is 5.62. The highest BCUT2D eigenvalue weighted by molar-refractivity contribution is 9.10. The fourth-order valence-corrected chi connectivity index (χ4v) is 2.45. The monoisotopic (exact) mass is 321 g/mol. The highest BCUT2D eigenvalue weighted by Crippen LogP contribution is 2.36. The van der Waals surface area contributed by atoms with Gasteiger partial charge in [-0.15, -0.1) is 0 Å². The van der Waals surface area contributed by atoms with Gasteiger partial charge in [0.1, 0.15) is 29.0 Å². The van der Waals surface area contributed by atoms with Crippen LogP contribution in [0.3, 0.4) is 0 Å². The standard InChI is InChI=1S/C12H12BrN5O/c13-10-11(15-6-16-12(10)18-14)17-8-5-19-9-4-2-1-3-7(8)9/h1-4,6,8H,5,14H2,(H2,15,16,17,18). The molecule has 0 fully saturated rings. The highest BCUT2D eigenvalue weighted by Gasteiger charge is 2.24. The van der Waals surface area contributed by atoms with Crippen molar-refractivity contribution < 1.29 is 4.74 Å². The van der Waals surface area contributed by atoms with Crippen molar-refractivity contribution >= 4 is 27.6 Å². The van der Waals surface area contributed by atoms with E-state index in [4.69, 9.17) is 10.6 Å². The predicted molar refractivity (Wildman–Crippen MR) is 75.8 cm³/mol. The van der Waals surface area contributed by atoms with E-state index < -0.39 is 0 Å². The van der Waals surface area contributed by atoms with E-state index in [0.717, 1.165) is 11.3 Å². The first-order chi connectivity index (χ1) is 9.29. The van der Waals surface area contributed by atoms with Crippen LogP contribution in [0.5, 0.6) is 5.75 Å². The van der Waals surface area contributed by atoms with Crippen molar-refractivity contribution in [2.45, 2.75) is 6.04 Å². The Bertz CT molecular complexity index is 606. The van der Waals surface area contributed by atoms with E-state index in [1.807, 2.05) is 24.3 Å². The van der Waals surface area contributed by atoms with E-state index in [0.29, 0.717) is 22.7 Å². The topological polar surface area (TPSA) is 85.1 Å². The Hall–Kier alpha value is -1.86. The van der Waals surface area contributed by atoms with Crippen molar-refractivity contribution in [3.05, 3.63) is 40.6 Å². The summed E-state index contributed by atoms with van der Waals surface area (Å²) in [4.78, 5) is 8.21. The zero-order chi connectivity index (χ0) is 13.2. The van der Waals surface area contributed by atoms with Gasteiger partial charge in [-0.05, 0) is 22.0 Å². The summed E-state index contributed by atoms with van der Waals surface area (Å²) >= 11 is 3.42. The molecule has 2 heterocycles. The molecule has 0 bridgehead atoms. The van der Waals surface area contributed by atoms with E-state index >= 15 is 0 Å². The number of ether oxygens (including phenoxy) is 1. The van der Waals surface area contributed by atoms with Gasteiger partial charge in [0.25, 0.3) is 0 Å². The van der Waals surface area contributed by atoms with Crippen LogP contribution >= 0.6 is 15.9 Å². The van der Waals surface area contributed by atoms with E-state index in [-0.39, 0.29) is 6.04 Å². The van der Waals surface area contributed by atoms with E-state index in [1.54, 1.807) is 0 Å². The van der Waals surface area contributed by atoms with Gasteiger partial charge < -0.3 is 15.5 Å². The number of hydrogen-bond donors (Lipinski definition) is 3. The molecule has 2 aromatic rings. The first kappa shape index (κ1) is 12.2. The molecule has 1 aromatic carbocycles. The Labute approximate surface area is 118 Å². The van der Waals surface area contributed by atoms with Crippen molar-refractivity contribution in [3.8, 4) is 5.75 Å². The van der Waals surface area contributed by atoms with Gasteiger partial charge in [0.15, 0.2) is 5.82 Å².